The van der Waals surface area contributed by atoms with Gasteiger partial charge in [0.1, 0.15) is 5.75 Å². The van der Waals surface area contributed by atoms with Crippen LogP contribution < -0.4 is 24.3 Å². The zero-order valence-corrected chi connectivity index (χ0v) is 20.1. The van der Waals surface area contributed by atoms with Gasteiger partial charge in [-0.3, -0.25) is 4.79 Å². The summed E-state index contributed by atoms with van der Waals surface area (Å²) in [5, 5.41) is 6.95. The van der Waals surface area contributed by atoms with Gasteiger partial charge < -0.3 is 24.3 Å². The normalized spacial score (nSPS) is 12.0. The van der Waals surface area contributed by atoms with E-state index >= 15 is 0 Å². The van der Waals surface area contributed by atoms with Gasteiger partial charge in [0.15, 0.2) is 18.1 Å². The minimum Gasteiger partial charge on any atom is -0.493 e. The first-order chi connectivity index (χ1) is 15.4. The standard InChI is InChI=1S/C23H24N2O5S2/c1-12(14-8-17(27-3)22(29-5)18(9-14)28-4)24-20(26)11-30-16-10-19-21(25-13(2)32-19)23-15(16)6-7-31-23/h6-10,12H,11H2,1-5H3,(H,24,26). The smallest absolute Gasteiger partial charge is 0.258 e. The molecule has 0 bridgehead atoms. The minimum absolute atomic E-state index is 0.0942. The van der Waals surface area contributed by atoms with Gasteiger partial charge in [-0.2, -0.15) is 0 Å². The molecule has 168 valence electrons. The lowest BCUT2D eigenvalue weighted by atomic mass is 10.1. The maximum atomic E-state index is 12.6. The number of rotatable bonds is 8. The van der Waals surface area contributed by atoms with Gasteiger partial charge in [0.2, 0.25) is 5.75 Å². The summed E-state index contributed by atoms with van der Waals surface area (Å²) >= 11 is 3.24. The van der Waals surface area contributed by atoms with Gasteiger partial charge in [0, 0.05) is 11.5 Å². The van der Waals surface area contributed by atoms with Crippen molar-refractivity contribution in [3.05, 3.63) is 40.2 Å². The number of fused-ring (bicyclic) bond motifs is 3. The molecule has 2 aromatic heterocycles. The Morgan fingerprint density at radius 3 is 2.47 bits per heavy atom. The van der Waals surface area contributed by atoms with Gasteiger partial charge in [0.25, 0.3) is 5.91 Å². The zero-order chi connectivity index (χ0) is 22.8. The van der Waals surface area contributed by atoms with Crippen LogP contribution in [0.15, 0.2) is 29.6 Å². The van der Waals surface area contributed by atoms with E-state index in [-0.39, 0.29) is 18.6 Å². The van der Waals surface area contributed by atoms with Crippen molar-refractivity contribution in [1.29, 1.82) is 0 Å². The number of carbonyl (C=O) groups is 1. The van der Waals surface area contributed by atoms with Crippen LogP contribution in [0.4, 0.5) is 0 Å². The predicted molar refractivity (Wildman–Crippen MR) is 128 cm³/mol. The Hall–Kier alpha value is -3.04. The summed E-state index contributed by atoms with van der Waals surface area (Å²) < 4.78 is 24.2. The quantitative estimate of drug-likeness (QED) is 0.384. The van der Waals surface area contributed by atoms with Crippen LogP contribution in [0.2, 0.25) is 0 Å². The fraction of sp³-hybridized carbons (Fsp3) is 0.304. The number of thiazole rings is 1. The molecule has 32 heavy (non-hydrogen) atoms. The molecule has 2 heterocycles. The van der Waals surface area contributed by atoms with Crippen LogP contribution in [0.1, 0.15) is 23.5 Å². The molecule has 1 amide bonds. The molecule has 4 aromatic rings. The van der Waals surface area contributed by atoms with E-state index in [9.17, 15) is 4.79 Å². The fourth-order valence-corrected chi connectivity index (χ4v) is 5.40. The van der Waals surface area contributed by atoms with Gasteiger partial charge in [-0.15, -0.1) is 22.7 Å². The number of aromatic nitrogens is 1. The summed E-state index contributed by atoms with van der Waals surface area (Å²) in [5.74, 6) is 2.04. The molecule has 2 aromatic carbocycles. The van der Waals surface area contributed by atoms with Crippen LogP contribution in [-0.2, 0) is 4.79 Å². The second-order valence-corrected chi connectivity index (χ2v) is 9.31. The van der Waals surface area contributed by atoms with Crippen molar-refractivity contribution in [2.75, 3.05) is 27.9 Å². The van der Waals surface area contributed by atoms with Crippen molar-refractivity contribution in [2.24, 2.45) is 0 Å². The predicted octanol–water partition coefficient (Wildman–Crippen LogP) is 5.10. The van der Waals surface area contributed by atoms with Crippen molar-refractivity contribution in [1.82, 2.24) is 10.3 Å². The lowest BCUT2D eigenvalue weighted by Gasteiger charge is -2.19. The highest BCUT2D eigenvalue weighted by molar-refractivity contribution is 7.21. The second kappa shape index (κ2) is 9.22. The van der Waals surface area contributed by atoms with E-state index in [0.717, 1.165) is 30.9 Å². The summed E-state index contributed by atoms with van der Waals surface area (Å²) in [4.78, 5) is 17.3. The van der Waals surface area contributed by atoms with Gasteiger partial charge >= 0.3 is 0 Å². The Morgan fingerprint density at radius 2 is 1.81 bits per heavy atom. The van der Waals surface area contributed by atoms with Crippen LogP contribution in [0, 0.1) is 6.92 Å². The SMILES string of the molecule is COc1cc(C(C)NC(=O)COc2cc3sc(C)nc3c3sccc23)cc(OC)c1OC. The number of amides is 1. The highest BCUT2D eigenvalue weighted by Crippen LogP contribution is 2.40. The zero-order valence-electron chi connectivity index (χ0n) is 18.5. The van der Waals surface area contributed by atoms with Crippen molar-refractivity contribution < 1.29 is 23.7 Å². The molecule has 0 spiro atoms. The molecule has 1 unspecified atom stereocenters. The third-order valence-electron chi connectivity index (χ3n) is 5.09. The largest absolute Gasteiger partial charge is 0.493 e. The monoisotopic (exact) mass is 472 g/mol. The number of methoxy groups -OCH3 is 3. The van der Waals surface area contributed by atoms with Crippen LogP contribution in [0.5, 0.6) is 23.0 Å². The van der Waals surface area contributed by atoms with Crippen LogP contribution >= 0.6 is 22.7 Å². The van der Waals surface area contributed by atoms with Crippen molar-refractivity contribution >= 4 is 48.9 Å². The number of carbonyl (C=O) groups excluding carboxylic acids is 1. The Morgan fingerprint density at radius 1 is 1.09 bits per heavy atom. The maximum Gasteiger partial charge on any atom is 0.258 e. The average molecular weight is 473 g/mol. The Bertz CT molecular complexity index is 1260. The molecule has 1 atom stereocenters. The number of thiophene rings is 1. The molecule has 0 aliphatic rings. The number of nitrogens with zero attached hydrogens (tertiary/aromatic N) is 1. The molecule has 0 fully saturated rings. The number of benzene rings is 2. The van der Waals surface area contributed by atoms with Crippen LogP contribution in [0.3, 0.4) is 0 Å². The van der Waals surface area contributed by atoms with Gasteiger partial charge in [0.05, 0.1) is 47.3 Å². The highest BCUT2D eigenvalue weighted by Gasteiger charge is 2.19. The number of aryl methyl sites for hydroxylation is 1. The van der Waals surface area contributed by atoms with Gasteiger partial charge in [-0.25, -0.2) is 4.98 Å². The first-order valence-electron chi connectivity index (χ1n) is 9.94. The molecule has 0 saturated heterocycles. The second-order valence-electron chi connectivity index (χ2n) is 7.15. The maximum absolute atomic E-state index is 12.6. The third kappa shape index (κ3) is 4.18. The van der Waals surface area contributed by atoms with Crippen molar-refractivity contribution in [3.63, 3.8) is 0 Å². The summed E-state index contributed by atoms with van der Waals surface area (Å²) in [7, 11) is 4.67. The number of nitrogens with one attached hydrogen (secondary N) is 1. The topological polar surface area (TPSA) is 78.9 Å². The lowest BCUT2D eigenvalue weighted by Crippen LogP contribution is -2.31. The molecule has 0 aliphatic carbocycles. The lowest BCUT2D eigenvalue weighted by molar-refractivity contribution is -0.123. The summed E-state index contributed by atoms with van der Waals surface area (Å²) in [6.07, 6.45) is 0. The number of hydrogen-bond donors (Lipinski definition) is 1. The van der Waals surface area contributed by atoms with Crippen molar-refractivity contribution in [2.45, 2.75) is 19.9 Å². The Kier molecular flexibility index (Phi) is 6.38. The first kappa shape index (κ1) is 22.2. The molecule has 0 saturated carbocycles. The van der Waals surface area contributed by atoms with Gasteiger partial charge in [-0.1, -0.05) is 0 Å². The molecular formula is C23H24N2O5S2. The van der Waals surface area contributed by atoms with Crippen LogP contribution in [-0.4, -0.2) is 38.8 Å². The highest BCUT2D eigenvalue weighted by atomic mass is 32.1. The number of hydrogen-bond acceptors (Lipinski definition) is 8. The van der Waals surface area contributed by atoms with E-state index in [4.69, 9.17) is 18.9 Å². The fourth-order valence-electron chi connectivity index (χ4n) is 3.57. The Labute approximate surface area is 193 Å². The number of ether oxygens (including phenoxy) is 4. The van der Waals surface area contributed by atoms with Gasteiger partial charge in [-0.05, 0) is 43.0 Å². The molecular weight excluding hydrogens is 448 g/mol. The molecule has 0 aliphatic heterocycles. The van der Waals surface area contributed by atoms with E-state index < -0.39 is 0 Å². The third-order valence-corrected chi connectivity index (χ3v) is 6.93. The van der Waals surface area contributed by atoms with Crippen LogP contribution in [0.25, 0.3) is 20.3 Å². The average Bonchev–Trinajstić information content (AvgIpc) is 3.42. The molecule has 7 nitrogen and oxygen atoms in total. The molecule has 1 N–H and O–H groups in total. The van der Waals surface area contributed by atoms with E-state index in [1.165, 1.54) is 0 Å². The van der Waals surface area contributed by atoms with Crippen molar-refractivity contribution in [3.8, 4) is 23.0 Å². The minimum atomic E-state index is -0.285. The molecule has 9 heteroatoms. The Balaban J connectivity index is 1.49. The molecule has 4 rings (SSSR count). The van der Waals surface area contributed by atoms with E-state index in [0.29, 0.717) is 23.0 Å². The van der Waals surface area contributed by atoms with E-state index in [1.807, 2.05) is 43.5 Å². The van der Waals surface area contributed by atoms with E-state index in [1.54, 1.807) is 44.0 Å². The summed E-state index contributed by atoms with van der Waals surface area (Å²) in [5.41, 5.74) is 1.82. The summed E-state index contributed by atoms with van der Waals surface area (Å²) in [6, 6.07) is 7.32. The first-order valence-corrected chi connectivity index (χ1v) is 11.6. The molecule has 0 radical (unpaired) electrons. The van der Waals surface area contributed by atoms with E-state index in [2.05, 4.69) is 10.3 Å². The summed E-state index contributed by atoms with van der Waals surface area (Å²) in [6.45, 7) is 3.79.